The van der Waals surface area contributed by atoms with Gasteiger partial charge in [0.2, 0.25) is 5.82 Å². The van der Waals surface area contributed by atoms with Gasteiger partial charge in [0, 0.05) is 6.54 Å². The first-order chi connectivity index (χ1) is 11.6. The highest BCUT2D eigenvalue weighted by molar-refractivity contribution is 5.62. The fraction of sp³-hybridized carbons (Fsp3) is 0.125. The number of nitrogens with zero attached hydrogens (tertiary/aromatic N) is 4. The maximum atomic E-state index is 13.7. The molecule has 2 aromatic carbocycles. The molecule has 0 atom stereocenters. The number of anilines is 1. The average Bonchev–Trinajstić information content (AvgIpc) is 3.06. The quantitative estimate of drug-likeness (QED) is 0.555. The van der Waals surface area contributed by atoms with Crippen LogP contribution in [0.2, 0.25) is 0 Å². The van der Waals surface area contributed by atoms with Gasteiger partial charge in [-0.2, -0.15) is 9.49 Å². The number of benzene rings is 2. The molecule has 0 aliphatic rings. The van der Waals surface area contributed by atoms with Crippen LogP contribution in [0.4, 0.5) is 15.8 Å². The molecule has 0 amide bonds. The lowest BCUT2D eigenvalue weighted by molar-refractivity contribution is -0.386. The Hall–Kier alpha value is -3.29. The summed E-state index contributed by atoms with van der Waals surface area (Å²) < 4.78 is 15.3. The molecule has 0 saturated heterocycles. The van der Waals surface area contributed by atoms with Crippen molar-refractivity contribution < 1.29 is 9.31 Å². The normalized spacial score (nSPS) is 10.5. The SMILES string of the molecule is O=[N+]([O-])c1c(F)cccc1NCc1ccccc1Cn1cncn1. The summed E-state index contributed by atoms with van der Waals surface area (Å²) in [5.74, 6) is -0.860. The summed E-state index contributed by atoms with van der Waals surface area (Å²) >= 11 is 0. The van der Waals surface area contributed by atoms with Crippen LogP contribution in [0.15, 0.2) is 55.1 Å². The topological polar surface area (TPSA) is 85.9 Å². The molecule has 0 bridgehead atoms. The zero-order chi connectivity index (χ0) is 16.9. The molecule has 0 fully saturated rings. The standard InChI is InChI=1S/C16H14FN5O2/c17-14-6-3-7-15(16(14)22(23)24)19-8-12-4-1-2-5-13(12)9-21-11-18-10-20-21/h1-7,10-11,19H,8-9H2. The van der Waals surface area contributed by atoms with Crippen LogP contribution in [0.1, 0.15) is 11.1 Å². The van der Waals surface area contributed by atoms with E-state index >= 15 is 0 Å². The molecule has 0 saturated carbocycles. The van der Waals surface area contributed by atoms with Crippen LogP contribution in [-0.4, -0.2) is 19.7 Å². The first kappa shape index (κ1) is 15.6. The predicted molar refractivity (Wildman–Crippen MR) is 85.9 cm³/mol. The molecular weight excluding hydrogens is 313 g/mol. The van der Waals surface area contributed by atoms with Crippen LogP contribution in [-0.2, 0) is 13.1 Å². The molecule has 0 unspecified atom stereocenters. The molecule has 1 N–H and O–H groups in total. The zero-order valence-electron chi connectivity index (χ0n) is 12.6. The molecule has 122 valence electrons. The van der Waals surface area contributed by atoms with Crippen molar-refractivity contribution in [3.63, 3.8) is 0 Å². The molecule has 0 aliphatic heterocycles. The minimum Gasteiger partial charge on any atom is -0.375 e. The summed E-state index contributed by atoms with van der Waals surface area (Å²) in [6, 6.07) is 11.6. The summed E-state index contributed by atoms with van der Waals surface area (Å²) in [6.45, 7) is 0.859. The molecule has 0 radical (unpaired) electrons. The van der Waals surface area contributed by atoms with Crippen LogP contribution < -0.4 is 5.32 Å². The maximum Gasteiger partial charge on any atom is 0.327 e. The van der Waals surface area contributed by atoms with Gasteiger partial charge in [-0.05, 0) is 23.3 Å². The summed E-state index contributed by atoms with van der Waals surface area (Å²) in [6.07, 6.45) is 3.07. The summed E-state index contributed by atoms with van der Waals surface area (Å²) in [5, 5.41) is 18.1. The van der Waals surface area contributed by atoms with Crippen molar-refractivity contribution in [2.24, 2.45) is 0 Å². The Labute approximate surface area is 136 Å². The minimum atomic E-state index is -0.860. The van der Waals surface area contributed by atoms with Gasteiger partial charge in [0.05, 0.1) is 11.5 Å². The Kier molecular flexibility index (Phi) is 4.46. The number of halogens is 1. The third kappa shape index (κ3) is 3.37. The predicted octanol–water partition coefficient (Wildman–Crippen LogP) is 2.99. The number of rotatable bonds is 6. The van der Waals surface area contributed by atoms with Crippen molar-refractivity contribution in [2.75, 3.05) is 5.32 Å². The van der Waals surface area contributed by atoms with E-state index in [-0.39, 0.29) is 5.69 Å². The Bertz CT molecular complexity index is 851. The zero-order valence-corrected chi connectivity index (χ0v) is 12.6. The van der Waals surface area contributed by atoms with Crippen LogP contribution in [0.3, 0.4) is 0 Å². The van der Waals surface area contributed by atoms with Crippen LogP contribution >= 0.6 is 0 Å². The number of nitro groups is 1. The van der Waals surface area contributed by atoms with E-state index in [4.69, 9.17) is 0 Å². The lowest BCUT2D eigenvalue weighted by Crippen LogP contribution is -2.08. The maximum absolute atomic E-state index is 13.7. The fourth-order valence-electron chi connectivity index (χ4n) is 2.41. The molecule has 0 aliphatic carbocycles. The number of nitro benzene ring substituents is 1. The smallest absolute Gasteiger partial charge is 0.327 e. The molecule has 1 heterocycles. The van der Waals surface area contributed by atoms with E-state index < -0.39 is 16.4 Å². The van der Waals surface area contributed by atoms with E-state index in [1.165, 1.54) is 18.5 Å². The lowest BCUT2D eigenvalue weighted by Gasteiger charge is -2.12. The van der Waals surface area contributed by atoms with E-state index in [0.717, 1.165) is 17.2 Å². The van der Waals surface area contributed by atoms with Gasteiger partial charge >= 0.3 is 5.69 Å². The minimum absolute atomic E-state index is 0.149. The largest absolute Gasteiger partial charge is 0.375 e. The monoisotopic (exact) mass is 327 g/mol. The van der Waals surface area contributed by atoms with E-state index in [0.29, 0.717) is 13.1 Å². The van der Waals surface area contributed by atoms with E-state index in [1.807, 2.05) is 24.3 Å². The molecule has 1 aromatic heterocycles. The summed E-state index contributed by atoms with van der Waals surface area (Å²) in [4.78, 5) is 14.2. The number of aromatic nitrogens is 3. The third-order valence-corrected chi connectivity index (χ3v) is 3.56. The van der Waals surface area contributed by atoms with Crippen LogP contribution in [0.25, 0.3) is 0 Å². The number of hydrogen-bond acceptors (Lipinski definition) is 5. The second kappa shape index (κ2) is 6.86. The fourth-order valence-corrected chi connectivity index (χ4v) is 2.41. The van der Waals surface area contributed by atoms with Gasteiger partial charge in [-0.3, -0.25) is 10.1 Å². The summed E-state index contributed by atoms with van der Waals surface area (Å²) in [5.41, 5.74) is 1.53. The number of hydrogen-bond donors (Lipinski definition) is 1. The molecule has 0 spiro atoms. The first-order valence-corrected chi connectivity index (χ1v) is 7.21. The Balaban J connectivity index is 1.81. The summed E-state index contributed by atoms with van der Waals surface area (Å²) in [7, 11) is 0. The van der Waals surface area contributed by atoms with Gasteiger partial charge in [-0.15, -0.1) is 0 Å². The second-order valence-corrected chi connectivity index (χ2v) is 5.11. The highest BCUT2D eigenvalue weighted by atomic mass is 19.1. The Morgan fingerprint density at radius 2 is 1.96 bits per heavy atom. The molecule has 8 heteroatoms. The lowest BCUT2D eigenvalue weighted by atomic mass is 10.1. The van der Waals surface area contributed by atoms with Crippen molar-refractivity contribution in [1.82, 2.24) is 14.8 Å². The molecule has 3 aromatic rings. The van der Waals surface area contributed by atoms with Crippen molar-refractivity contribution in [1.29, 1.82) is 0 Å². The highest BCUT2D eigenvalue weighted by Crippen LogP contribution is 2.27. The third-order valence-electron chi connectivity index (χ3n) is 3.56. The van der Waals surface area contributed by atoms with Crippen molar-refractivity contribution in [3.8, 4) is 0 Å². The van der Waals surface area contributed by atoms with Crippen LogP contribution in [0, 0.1) is 15.9 Å². The molecular formula is C16H14FN5O2. The van der Waals surface area contributed by atoms with Crippen LogP contribution in [0.5, 0.6) is 0 Å². The highest BCUT2D eigenvalue weighted by Gasteiger charge is 2.19. The Morgan fingerprint density at radius 3 is 2.67 bits per heavy atom. The van der Waals surface area contributed by atoms with Gasteiger partial charge in [0.25, 0.3) is 0 Å². The Morgan fingerprint density at radius 1 is 1.17 bits per heavy atom. The molecule has 3 rings (SSSR count). The van der Waals surface area contributed by atoms with Gasteiger partial charge in [0.1, 0.15) is 18.3 Å². The first-order valence-electron chi connectivity index (χ1n) is 7.21. The average molecular weight is 327 g/mol. The van der Waals surface area contributed by atoms with Crippen molar-refractivity contribution >= 4 is 11.4 Å². The number of nitrogens with one attached hydrogen (secondary N) is 1. The second-order valence-electron chi connectivity index (χ2n) is 5.11. The van der Waals surface area contributed by atoms with Gasteiger partial charge < -0.3 is 5.32 Å². The van der Waals surface area contributed by atoms with E-state index in [9.17, 15) is 14.5 Å². The van der Waals surface area contributed by atoms with Crippen molar-refractivity contribution in [3.05, 3.63) is 82.2 Å². The number of para-hydroxylation sites is 1. The molecule has 24 heavy (non-hydrogen) atoms. The van der Waals surface area contributed by atoms with Gasteiger partial charge in [-0.25, -0.2) is 9.67 Å². The van der Waals surface area contributed by atoms with E-state index in [2.05, 4.69) is 15.4 Å². The van der Waals surface area contributed by atoms with Crippen molar-refractivity contribution in [2.45, 2.75) is 13.1 Å². The van der Waals surface area contributed by atoms with E-state index in [1.54, 1.807) is 11.0 Å². The van der Waals surface area contributed by atoms with Gasteiger partial charge in [-0.1, -0.05) is 30.3 Å². The molecule has 7 nitrogen and oxygen atoms in total. The van der Waals surface area contributed by atoms with Gasteiger partial charge in [0.15, 0.2) is 0 Å².